The third-order valence-corrected chi connectivity index (χ3v) is 3.94. The highest BCUT2D eigenvalue weighted by Crippen LogP contribution is 2.36. The van der Waals surface area contributed by atoms with Gasteiger partial charge in [0.25, 0.3) is 0 Å². The van der Waals surface area contributed by atoms with E-state index in [1.807, 2.05) is 6.92 Å². The van der Waals surface area contributed by atoms with Crippen LogP contribution >= 0.6 is 0 Å². The van der Waals surface area contributed by atoms with Gasteiger partial charge in [0.2, 0.25) is 5.89 Å². The number of nitrogens with zero attached hydrogens (tertiary/aromatic N) is 1. The largest absolute Gasteiger partial charge is 0.440 e. The number of benzene rings is 1. The van der Waals surface area contributed by atoms with Crippen molar-refractivity contribution in [2.45, 2.75) is 31.4 Å². The Morgan fingerprint density at radius 3 is 2.60 bits per heavy atom. The Morgan fingerprint density at radius 2 is 1.95 bits per heavy atom. The van der Waals surface area contributed by atoms with Gasteiger partial charge in [-0.3, -0.25) is 0 Å². The zero-order valence-corrected chi connectivity index (χ0v) is 11.0. The predicted molar refractivity (Wildman–Crippen MR) is 68.5 cm³/mol. The lowest BCUT2D eigenvalue weighted by Crippen LogP contribution is -2.37. The van der Waals surface area contributed by atoms with Crippen LogP contribution in [0.1, 0.15) is 31.2 Å². The fraction of sp³-hybridized carbons (Fsp3) is 0.500. The minimum absolute atomic E-state index is 0.206. The minimum Gasteiger partial charge on any atom is -0.440 e. The van der Waals surface area contributed by atoms with E-state index in [-0.39, 0.29) is 10.9 Å². The normalized spacial score (nSPS) is 19.4. The third-order valence-electron chi connectivity index (χ3n) is 3.94. The van der Waals surface area contributed by atoms with Crippen molar-refractivity contribution in [2.75, 3.05) is 13.1 Å². The highest BCUT2D eigenvalue weighted by atomic mass is 19.4. The maximum Gasteiger partial charge on any atom is 0.416 e. The van der Waals surface area contributed by atoms with E-state index in [1.54, 1.807) is 0 Å². The van der Waals surface area contributed by atoms with Crippen LogP contribution < -0.4 is 5.32 Å². The first-order valence-corrected chi connectivity index (χ1v) is 6.57. The second-order valence-electron chi connectivity index (χ2n) is 5.51. The lowest BCUT2D eigenvalue weighted by molar-refractivity contribution is -0.137. The van der Waals surface area contributed by atoms with Crippen LogP contribution in [-0.4, -0.2) is 18.1 Å². The zero-order chi connectivity index (χ0) is 14.4. The Morgan fingerprint density at radius 1 is 1.25 bits per heavy atom. The van der Waals surface area contributed by atoms with E-state index in [1.165, 1.54) is 6.07 Å². The minimum atomic E-state index is -4.36. The number of nitrogens with one attached hydrogen (secondary N) is 1. The lowest BCUT2D eigenvalue weighted by atomic mass is 9.81. The van der Waals surface area contributed by atoms with E-state index >= 15 is 0 Å². The Kier molecular flexibility index (Phi) is 3.01. The molecular weight excluding hydrogens is 269 g/mol. The Bertz CT molecular complexity index is 627. The second-order valence-corrected chi connectivity index (χ2v) is 5.51. The van der Waals surface area contributed by atoms with Gasteiger partial charge in [0, 0.05) is 5.41 Å². The topological polar surface area (TPSA) is 38.1 Å². The molecule has 0 saturated carbocycles. The van der Waals surface area contributed by atoms with E-state index in [2.05, 4.69) is 10.3 Å². The average Bonchev–Trinajstić information content (AvgIpc) is 2.82. The van der Waals surface area contributed by atoms with E-state index in [4.69, 9.17) is 4.42 Å². The number of oxazole rings is 1. The molecule has 0 atom stereocenters. The molecule has 0 radical (unpaired) electrons. The molecule has 1 saturated heterocycles. The van der Waals surface area contributed by atoms with Gasteiger partial charge in [-0.1, -0.05) is 6.92 Å². The molecule has 1 aromatic carbocycles. The Balaban J connectivity index is 2.02. The summed E-state index contributed by atoms with van der Waals surface area (Å²) in [6.07, 6.45) is -2.62. The fourth-order valence-corrected chi connectivity index (χ4v) is 2.55. The molecule has 0 aliphatic carbocycles. The van der Waals surface area contributed by atoms with Crippen molar-refractivity contribution in [1.29, 1.82) is 0 Å². The molecule has 2 heterocycles. The number of aromatic nitrogens is 1. The van der Waals surface area contributed by atoms with Gasteiger partial charge in [-0.15, -0.1) is 0 Å². The van der Waals surface area contributed by atoms with Crippen LogP contribution in [0.25, 0.3) is 11.1 Å². The van der Waals surface area contributed by atoms with Gasteiger partial charge in [-0.05, 0) is 44.1 Å². The Labute approximate surface area is 114 Å². The molecule has 0 unspecified atom stereocenters. The van der Waals surface area contributed by atoms with Crippen LogP contribution in [0, 0.1) is 0 Å². The predicted octanol–water partition coefficient (Wildman–Crippen LogP) is 3.49. The van der Waals surface area contributed by atoms with Gasteiger partial charge in [0.05, 0.1) is 5.56 Å². The molecular formula is C14H15F3N2O. The molecule has 1 fully saturated rings. The van der Waals surface area contributed by atoms with Crippen molar-refractivity contribution in [3.8, 4) is 0 Å². The molecule has 0 bridgehead atoms. The summed E-state index contributed by atoms with van der Waals surface area (Å²) < 4.78 is 43.7. The van der Waals surface area contributed by atoms with Crippen LogP contribution in [0.15, 0.2) is 22.6 Å². The van der Waals surface area contributed by atoms with Crippen molar-refractivity contribution in [3.63, 3.8) is 0 Å². The smallest absolute Gasteiger partial charge is 0.416 e. The summed E-state index contributed by atoms with van der Waals surface area (Å²) in [6, 6.07) is 3.42. The monoisotopic (exact) mass is 284 g/mol. The average molecular weight is 284 g/mol. The first-order chi connectivity index (χ1) is 9.38. The van der Waals surface area contributed by atoms with Crippen LogP contribution in [-0.2, 0) is 11.6 Å². The number of fused-ring (bicyclic) bond motifs is 1. The maximum absolute atomic E-state index is 12.7. The number of alkyl halides is 3. The second kappa shape index (κ2) is 4.48. The first kappa shape index (κ1) is 13.4. The quantitative estimate of drug-likeness (QED) is 0.871. The van der Waals surface area contributed by atoms with Crippen molar-refractivity contribution in [1.82, 2.24) is 10.3 Å². The van der Waals surface area contributed by atoms with Gasteiger partial charge in [-0.2, -0.15) is 13.2 Å². The van der Waals surface area contributed by atoms with Crippen molar-refractivity contribution in [2.24, 2.45) is 0 Å². The Hall–Kier alpha value is -1.56. The van der Waals surface area contributed by atoms with Gasteiger partial charge in [-0.25, -0.2) is 4.98 Å². The molecule has 0 amide bonds. The number of hydrogen-bond acceptors (Lipinski definition) is 3. The number of rotatable bonds is 1. The molecule has 1 aliphatic heterocycles. The molecule has 6 heteroatoms. The summed E-state index contributed by atoms with van der Waals surface area (Å²) in [5.74, 6) is 0.535. The molecule has 108 valence electrons. The number of hydrogen-bond donors (Lipinski definition) is 1. The van der Waals surface area contributed by atoms with E-state index in [0.29, 0.717) is 11.5 Å². The van der Waals surface area contributed by atoms with Crippen molar-refractivity contribution in [3.05, 3.63) is 29.7 Å². The van der Waals surface area contributed by atoms with Gasteiger partial charge < -0.3 is 9.73 Å². The molecule has 3 nitrogen and oxygen atoms in total. The molecule has 2 aromatic rings. The van der Waals surface area contributed by atoms with Crippen molar-refractivity contribution < 1.29 is 17.6 Å². The van der Waals surface area contributed by atoms with Crippen LogP contribution in [0.5, 0.6) is 0 Å². The molecule has 3 rings (SSSR count). The standard InChI is InChI=1S/C14H15F3N2O/c1-13(4-6-18-7-5-13)12-19-10-8-9(14(15,16)17)2-3-11(10)20-12/h2-3,8,18H,4-7H2,1H3. The summed E-state index contributed by atoms with van der Waals surface area (Å²) >= 11 is 0. The van der Waals surface area contributed by atoms with Crippen LogP contribution in [0.4, 0.5) is 13.2 Å². The van der Waals surface area contributed by atoms with Gasteiger partial charge >= 0.3 is 6.18 Å². The van der Waals surface area contributed by atoms with Gasteiger partial charge in [0.1, 0.15) is 5.52 Å². The maximum atomic E-state index is 12.7. The lowest BCUT2D eigenvalue weighted by Gasteiger charge is -2.30. The highest BCUT2D eigenvalue weighted by Gasteiger charge is 2.35. The van der Waals surface area contributed by atoms with E-state index in [0.717, 1.165) is 38.1 Å². The zero-order valence-electron chi connectivity index (χ0n) is 11.0. The first-order valence-electron chi connectivity index (χ1n) is 6.57. The SMILES string of the molecule is CC1(c2nc3cc(C(F)(F)F)ccc3o2)CCNCC1. The summed E-state index contributed by atoms with van der Waals surface area (Å²) in [5, 5.41) is 3.25. The molecule has 1 N–H and O–H groups in total. The third kappa shape index (κ3) is 2.28. The molecule has 0 spiro atoms. The van der Waals surface area contributed by atoms with Crippen molar-refractivity contribution >= 4 is 11.1 Å². The molecule has 1 aromatic heterocycles. The molecule has 20 heavy (non-hydrogen) atoms. The summed E-state index contributed by atoms with van der Waals surface area (Å²) in [7, 11) is 0. The van der Waals surface area contributed by atoms with Gasteiger partial charge in [0.15, 0.2) is 5.58 Å². The van der Waals surface area contributed by atoms with Crippen LogP contribution in [0.3, 0.4) is 0 Å². The van der Waals surface area contributed by atoms with E-state index < -0.39 is 11.7 Å². The highest BCUT2D eigenvalue weighted by molar-refractivity contribution is 5.73. The summed E-state index contributed by atoms with van der Waals surface area (Å²) in [6.45, 7) is 3.77. The fourth-order valence-electron chi connectivity index (χ4n) is 2.55. The van der Waals surface area contributed by atoms with E-state index in [9.17, 15) is 13.2 Å². The molecule has 1 aliphatic rings. The number of halogens is 3. The van der Waals surface area contributed by atoms with Crippen LogP contribution in [0.2, 0.25) is 0 Å². The summed E-state index contributed by atoms with van der Waals surface area (Å²) in [5.41, 5.74) is -0.217. The number of piperidine rings is 1. The summed E-state index contributed by atoms with van der Waals surface area (Å²) in [4.78, 5) is 4.29.